The van der Waals surface area contributed by atoms with E-state index in [1.165, 1.54) is 65.9 Å². The Kier molecular flexibility index (Phi) is 13.5. The number of hydrogen-bond donors (Lipinski definition) is 0. The highest BCUT2D eigenvalue weighted by molar-refractivity contribution is 6.27. The molecule has 12 rings (SSSR count). The molecule has 2 amide bonds. The molecule has 1 aliphatic rings. The predicted octanol–water partition coefficient (Wildman–Crippen LogP) is 20.0. The molecular weight excluding hydrogens is 935 g/mol. The zero-order valence-corrected chi connectivity index (χ0v) is 45.1. The van der Waals surface area contributed by atoms with Crippen LogP contribution in [-0.2, 0) is 12.8 Å². The molecule has 3 heteroatoms. The zero-order valence-electron chi connectivity index (χ0n) is 45.1. The SMILES string of the molecule is CCCCc1ccc2cc(-c3cccc(-c4ccc(-c5cccc(-c6ccc7cc(C)ccc7c6)c5-c5ccc6cc(CCCC)ccc6c5)c5c4C(=O)N(CCCC)C5=O)c3-c3ccc4cc(C)ccc4c3)ccc2c1. The van der Waals surface area contributed by atoms with Gasteiger partial charge in [0.2, 0.25) is 0 Å². The summed E-state index contributed by atoms with van der Waals surface area (Å²) in [5.74, 6) is -0.477. The highest BCUT2D eigenvalue weighted by atomic mass is 16.2. The molecule has 0 saturated carbocycles. The third-order valence-corrected chi connectivity index (χ3v) is 16.2. The molecule has 77 heavy (non-hydrogen) atoms. The van der Waals surface area contributed by atoms with Gasteiger partial charge in [-0.25, -0.2) is 0 Å². The number of nitrogens with zero attached hydrogens (tertiary/aromatic N) is 1. The van der Waals surface area contributed by atoms with Crippen molar-refractivity contribution >= 4 is 54.9 Å². The number of rotatable bonds is 15. The maximum atomic E-state index is 15.5. The average Bonchev–Trinajstić information content (AvgIpc) is 3.88. The highest BCUT2D eigenvalue weighted by Crippen LogP contribution is 2.49. The van der Waals surface area contributed by atoms with E-state index in [0.29, 0.717) is 17.7 Å². The third kappa shape index (κ3) is 9.33. The molecule has 3 nitrogen and oxygen atoms in total. The number of amides is 2. The van der Waals surface area contributed by atoms with Crippen molar-refractivity contribution in [1.82, 2.24) is 4.90 Å². The van der Waals surface area contributed by atoms with Gasteiger partial charge >= 0.3 is 0 Å². The molecule has 1 aliphatic heterocycles. The van der Waals surface area contributed by atoms with E-state index in [2.05, 4.69) is 229 Å². The number of carbonyl (C=O) groups is 2. The van der Waals surface area contributed by atoms with E-state index < -0.39 is 0 Å². The minimum absolute atomic E-state index is 0.238. The second-order valence-electron chi connectivity index (χ2n) is 21.6. The van der Waals surface area contributed by atoms with Crippen molar-refractivity contribution in [3.05, 3.63) is 228 Å². The number of hydrogen-bond acceptors (Lipinski definition) is 2. The van der Waals surface area contributed by atoms with Gasteiger partial charge in [-0.05, 0) is 191 Å². The molecule has 0 spiro atoms. The molecule has 0 aromatic heterocycles. The van der Waals surface area contributed by atoms with Crippen LogP contribution >= 0.6 is 0 Å². The number of benzene rings is 11. The molecule has 11 aromatic carbocycles. The van der Waals surface area contributed by atoms with Gasteiger partial charge in [0.05, 0.1) is 11.1 Å². The maximum absolute atomic E-state index is 15.5. The fraction of sp³-hybridized carbons (Fsp3) is 0.189. The summed E-state index contributed by atoms with van der Waals surface area (Å²) < 4.78 is 0. The summed E-state index contributed by atoms with van der Waals surface area (Å²) in [5.41, 5.74) is 17.9. The van der Waals surface area contributed by atoms with Gasteiger partial charge < -0.3 is 0 Å². The minimum atomic E-state index is -0.239. The molecule has 0 radical (unpaired) electrons. The first-order valence-corrected chi connectivity index (χ1v) is 28.1. The summed E-state index contributed by atoms with van der Waals surface area (Å²) in [6, 6.07) is 71.2. The van der Waals surface area contributed by atoms with Gasteiger partial charge in [0, 0.05) is 6.54 Å². The predicted molar refractivity (Wildman–Crippen MR) is 326 cm³/mol. The van der Waals surface area contributed by atoms with Crippen LogP contribution < -0.4 is 0 Å². The number of imide groups is 1. The quantitative estimate of drug-likeness (QED) is 0.0960. The monoisotopic (exact) mass is 1000 g/mol. The maximum Gasteiger partial charge on any atom is 0.262 e. The number of carbonyl (C=O) groups excluding carboxylic acids is 2. The summed E-state index contributed by atoms with van der Waals surface area (Å²) in [6.45, 7) is 11.2. The van der Waals surface area contributed by atoms with Gasteiger partial charge in [-0.3, -0.25) is 14.5 Å². The first kappa shape index (κ1) is 49.5. The standard InChI is InChI=1S/C74H65NO2/c1-6-9-14-49-22-26-57-44-60(33-29-53(57)41-49)64-17-13-18-65(69(64)61-34-30-52-40-48(5)21-25-56(52)45-61)67-36-37-68(72-71(67)73(76)75(74(72)77)38-11-8-3)66-19-12-16-63(59-32-28-51-39-47(4)20-24-55(51)43-59)70(66)62-35-31-54-42-50(15-10-7-2)23-27-58(54)46-62/h12-13,16-37,39-46H,6-11,14-15,38H2,1-5H3. The summed E-state index contributed by atoms with van der Waals surface area (Å²) in [5, 5.41) is 9.46. The van der Waals surface area contributed by atoms with Gasteiger partial charge in [0.25, 0.3) is 11.8 Å². The Bertz CT molecular complexity index is 4140. The molecule has 1 heterocycles. The van der Waals surface area contributed by atoms with Crippen molar-refractivity contribution in [1.29, 1.82) is 0 Å². The van der Waals surface area contributed by atoms with E-state index in [1.807, 2.05) is 0 Å². The van der Waals surface area contributed by atoms with Gasteiger partial charge in [-0.15, -0.1) is 0 Å². The lowest BCUT2D eigenvalue weighted by Crippen LogP contribution is -2.30. The average molecular weight is 1000 g/mol. The Morgan fingerprint density at radius 2 is 0.649 bits per heavy atom. The fourth-order valence-corrected chi connectivity index (χ4v) is 12.1. The molecule has 0 fully saturated rings. The zero-order chi connectivity index (χ0) is 52.7. The van der Waals surface area contributed by atoms with Crippen molar-refractivity contribution < 1.29 is 9.59 Å². The number of aryl methyl sites for hydroxylation is 4. The smallest absolute Gasteiger partial charge is 0.262 e. The molecule has 0 saturated heterocycles. The lowest BCUT2D eigenvalue weighted by molar-refractivity contribution is 0.0652. The van der Waals surface area contributed by atoms with Gasteiger partial charge in [0.15, 0.2) is 0 Å². The Labute approximate surface area is 453 Å². The van der Waals surface area contributed by atoms with Crippen LogP contribution in [0.25, 0.3) is 110 Å². The summed E-state index contributed by atoms with van der Waals surface area (Å²) in [7, 11) is 0. The van der Waals surface area contributed by atoms with Crippen LogP contribution in [0.1, 0.15) is 102 Å². The minimum Gasteiger partial charge on any atom is -0.274 e. The van der Waals surface area contributed by atoms with Crippen LogP contribution in [0.15, 0.2) is 194 Å². The summed E-state index contributed by atoms with van der Waals surface area (Å²) in [4.78, 5) is 32.5. The van der Waals surface area contributed by atoms with E-state index >= 15 is 9.59 Å². The van der Waals surface area contributed by atoms with Gasteiger partial charge in [-0.1, -0.05) is 221 Å². The van der Waals surface area contributed by atoms with Crippen molar-refractivity contribution in [2.75, 3.05) is 6.54 Å². The molecule has 0 aliphatic carbocycles. The third-order valence-electron chi connectivity index (χ3n) is 16.2. The number of unbranched alkanes of at least 4 members (excludes halogenated alkanes) is 3. The lowest BCUT2D eigenvalue weighted by atomic mass is 9.81. The van der Waals surface area contributed by atoms with Crippen LogP contribution in [0.4, 0.5) is 0 Å². The summed E-state index contributed by atoms with van der Waals surface area (Å²) >= 11 is 0. The van der Waals surface area contributed by atoms with Crippen molar-refractivity contribution in [3.8, 4) is 66.8 Å². The first-order chi connectivity index (χ1) is 37.7. The van der Waals surface area contributed by atoms with E-state index in [1.54, 1.807) is 0 Å². The van der Waals surface area contributed by atoms with Crippen LogP contribution in [0, 0.1) is 13.8 Å². The van der Waals surface area contributed by atoms with Crippen molar-refractivity contribution in [2.45, 2.75) is 86.0 Å². The molecule has 11 aromatic rings. The molecule has 0 unspecified atom stereocenters. The fourth-order valence-electron chi connectivity index (χ4n) is 12.1. The van der Waals surface area contributed by atoms with Crippen LogP contribution in [-0.4, -0.2) is 23.3 Å². The van der Waals surface area contributed by atoms with Gasteiger partial charge in [-0.2, -0.15) is 0 Å². The van der Waals surface area contributed by atoms with E-state index in [0.717, 1.165) is 122 Å². The number of fused-ring (bicyclic) bond motifs is 5. The normalized spacial score (nSPS) is 12.5. The molecule has 0 atom stereocenters. The van der Waals surface area contributed by atoms with Crippen LogP contribution in [0.5, 0.6) is 0 Å². The van der Waals surface area contributed by atoms with Crippen LogP contribution in [0.2, 0.25) is 0 Å². The Morgan fingerprint density at radius 3 is 1.08 bits per heavy atom. The van der Waals surface area contributed by atoms with Crippen molar-refractivity contribution in [3.63, 3.8) is 0 Å². The lowest BCUT2D eigenvalue weighted by Gasteiger charge is -2.21. The Morgan fingerprint density at radius 1 is 0.312 bits per heavy atom. The van der Waals surface area contributed by atoms with E-state index in [4.69, 9.17) is 0 Å². The first-order valence-electron chi connectivity index (χ1n) is 28.1. The second-order valence-corrected chi connectivity index (χ2v) is 21.6. The Hall–Kier alpha value is -8.40. The Balaban J connectivity index is 1.10. The second kappa shape index (κ2) is 21.0. The summed E-state index contributed by atoms with van der Waals surface area (Å²) in [6.07, 6.45) is 8.35. The van der Waals surface area contributed by atoms with Gasteiger partial charge in [0.1, 0.15) is 0 Å². The van der Waals surface area contributed by atoms with Crippen LogP contribution in [0.3, 0.4) is 0 Å². The molecular formula is C74H65NO2. The topological polar surface area (TPSA) is 37.4 Å². The molecule has 378 valence electrons. The largest absolute Gasteiger partial charge is 0.274 e. The van der Waals surface area contributed by atoms with E-state index in [-0.39, 0.29) is 11.8 Å². The molecule has 0 N–H and O–H groups in total. The van der Waals surface area contributed by atoms with E-state index in [9.17, 15) is 0 Å². The highest BCUT2D eigenvalue weighted by Gasteiger charge is 2.40. The van der Waals surface area contributed by atoms with Crippen molar-refractivity contribution in [2.24, 2.45) is 0 Å². The molecule has 0 bridgehead atoms.